The number of benzene rings is 2. The van der Waals surface area contributed by atoms with E-state index < -0.39 is 0 Å². The number of aromatic amines is 1. The standard InChI is InChI=1S/C17H15N3O3/c1-10-4-2-3-5-12(10)19-20-16-11-8-14-15(23-7-6-22-14)9-13(11)18-17(16)21/h2-5,8-9,18,21H,6-7H2,1H3. The molecule has 6 nitrogen and oxygen atoms in total. The molecule has 0 atom stereocenters. The fourth-order valence-electron chi connectivity index (χ4n) is 2.58. The summed E-state index contributed by atoms with van der Waals surface area (Å²) < 4.78 is 11.1. The molecular weight excluding hydrogens is 294 g/mol. The molecule has 0 aliphatic carbocycles. The minimum Gasteiger partial charge on any atom is -0.493 e. The third kappa shape index (κ3) is 2.38. The van der Waals surface area contributed by atoms with E-state index in [2.05, 4.69) is 15.2 Å². The van der Waals surface area contributed by atoms with Gasteiger partial charge in [0.05, 0.1) is 11.2 Å². The van der Waals surface area contributed by atoms with Crippen molar-refractivity contribution in [2.75, 3.05) is 13.2 Å². The molecule has 2 heterocycles. The average Bonchev–Trinajstić information content (AvgIpc) is 2.86. The zero-order valence-corrected chi connectivity index (χ0v) is 12.5. The van der Waals surface area contributed by atoms with Crippen molar-refractivity contribution in [3.63, 3.8) is 0 Å². The van der Waals surface area contributed by atoms with Gasteiger partial charge in [-0.25, -0.2) is 0 Å². The minimum atomic E-state index is -0.0281. The number of H-pyrrole nitrogens is 1. The molecule has 0 fully saturated rings. The van der Waals surface area contributed by atoms with Crippen molar-refractivity contribution in [1.82, 2.24) is 4.98 Å². The van der Waals surface area contributed by atoms with Crippen LogP contribution in [0.5, 0.6) is 17.4 Å². The van der Waals surface area contributed by atoms with Crippen molar-refractivity contribution >= 4 is 22.3 Å². The molecule has 0 amide bonds. The van der Waals surface area contributed by atoms with Gasteiger partial charge in [0, 0.05) is 11.5 Å². The molecule has 23 heavy (non-hydrogen) atoms. The lowest BCUT2D eigenvalue weighted by atomic mass is 10.2. The van der Waals surface area contributed by atoms with Gasteiger partial charge in [-0.1, -0.05) is 18.2 Å². The molecule has 1 aromatic heterocycles. The molecule has 3 aromatic rings. The smallest absolute Gasteiger partial charge is 0.218 e. The lowest BCUT2D eigenvalue weighted by Gasteiger charge is -2.18. The van der Waals surface area contributed by atoms with E-state index in [1.54, 1.807) is 6.07 Å². The number of fused-ring (bicyclic) bond motifs is 2. The number of azo groups is 1. The fourth-order valence-corrected chi connectivity index (χ4v) is 2.58. The molecule has 0 unspecified atom stereocenters. The maximum atomic E-state index is 10.1. The molecule has 116 valence electrons. The predicted molar refractivity (Wildman–Crippen MR) is 86.3 cm³/mol. The zero-order chi connectivity index (χ0) is 15.8. The van der Waals surface area contributed by atoms with Gasteiger partial charge >= 0.3 is 0 Å². The van der Waals surface area contributed by atoms with Crippen LogP contribution in [0.3, 0.4) is 0 Å². The summed E-state index contributed by atoms with van der Waals surface area (Å²) in [7, 11) is 0. The zero-order valence-electron chi connectivity index (χ0n) is 12.5. The topological polar surface area (TPSA) is 79.2 Å². The number of ether oxygens (including phenoxy) is 2. The van der Waals surface area contributed by atoms with Gasteiger partial charge in [0.25, 0.3) is 0 Å². The van der Waals surface area contributed by atoms with E-state index in [0.717, 1.165) is 22.2 Å². The Morgan fingerprint density at radius 3 is 2.57 bits per heavy atom. The fraction of sp³-hybridized carbons (Fsp3) is 0.176. The molecule has 6 heteroatoms. The molecule has 0 spiro atoms. The molecule has 1 aliphatic heterocycles. The molecular formula is C17H15N3O3. The highest BCUT2D eigenvalue weighted by molar-refractivity contribution is 5.96. The Kier molecular flexibility index (Phi) is 3.15. The SMILES string of the molecule is Cc1ccccc1N=Nc1c(O)[nH]c2cc3c(cc12)OCCO3. The van der Waals surface area contributed by atoms with E-state index >= 15 is 0 Å². The summed E-state index contributed by atoms with van der Waals surface area (Å²) in [6.45, 7) is 2.99. The molecule has 0 saturated heterocycles. The largest absolute Gasteiger partial charge is 0.493 e. The van der Waals surface area contributed by atoms with Crippen molar-refractivity contribution in [2.24, 2.45) is 10.2 Å². The number of aromatic nitrogens is 1. The van der Waals surface area contributed by atoms with Gasteiger partial charge in [-0.15, -0.1) is 5.11 Å². The van der Waals surface area contributed by atoms with Gasteiger partial charge < -0.3 is 19.6 Å². The highest BCUT2D eigenvalue weighted by Crippen LogP contribution is 2.42. The summed E-state index contributed by atoms with van der Waals surface area (Å²) in [5.74, 6) is 1.28. The number of nitrogens with one attached hydrogen (secondary N) is 1. The van der Waals surface area contributed by atoms with Crippen molar-refractivity contribution < 1.29 is 14.6 Å². The Balaban J connectivity index is 1.80. The number of hydrogen-bond donors (Lipinski definition) is 2. The Morgan fingerprint density at radius 1 is 1.04 bits per heavy atom. The molecule has 2 N–H and O–H groups in total. The van der Waals surface area contributed by atoms with Crippen LogP contribution in [0.1, 0.15) is 5.56 Å². The molecule has 2 aromatic carbocycles. The Morgan fingerprint density at radius 2 is 1.78 bits per heavy atom. The van der Waals surface area contributed by atoms with Crippen molar-refractivity contribution in [3.05, 3.63) is 42.0 Å². The van der Waals surface area contributed by atoms with Crippen LogP contribution in [0.2, 0.25) is 0 Å². The van der Waals surface area contributed by atoms with Crippen LogP contribution >= 0.6 is 0 Å². The van der Waals surface area contributed by atoms with Crippen molar-refractivity contribution in [1.29, 1.82) is 0 Å². The first-order chi connectivity index (χ1) is 11.2. The van der Waals surface area contributed by atoms with E-state index in [9.17, 15) is 5.11 Å². The van der Waals surface area contributed by atoms with Crippen LogP contribution in [0, 0.1) is 6.92 Å². The van der Waals surface area contributed by atoms with E-state index in [0.29, 0.717) is 30.4 Å². The quantitative estimate of drug-likeness (QED) is 0.690. The monoisotopic (exact) mass is 309 g/mol. The van der Waals surface area contributed by atoms with E-state index in [1.807, 2.05) is 37.3 Å². The highest BCUT2D eigenvalue weighted by atomic mass is 16.6. The van der Waals surface area contributed by atoms with E-state index in [1.165, 1.54) is 0 Å². The highest BCUT2D eigenvalue weighted by Gasteiger charge is 2.18. The van der Waals surface area contributed by atoms with E-state index in [-0.39, 0.29) is 5.88 Å². The van der Waals surface area contributed by atoms with Crippen LogP contribution in [0.4, 0.5) is 11.4 Å². The summed E-state index contributed by atoms with van der Waals surface area (Å²) in [6.07, 6.45) is 0. The van der Waals surface area contributed by atoms with Gasteiger partial charge in [-0.3, -0.25) is 0 Å². The minimum absolute atomic E-state index is 0.0281. The summed E-state index contributed by atoms with van der Waals surface area (Å²) in [6, 6.07) is 11.3. The van der Waals surface area contributed by atoms with Crippen molar-refractivity contribution in [2.45, 2.75) is 6.92 Å². The van der Waals surface area contributed by atoms with Gasteiger partial charge in [0.2, 0.25) is 5.88 Å². The molecule has 0 bridgehead atoms. The number of rotatable bonds is 2. The summed E-state index contributed by atoms with van der Waals surface area (Å²) in [4.78, 5) is 2.89. The van der Waals surface area contributed by atoms with E-state index in [4.69, 9.17) is 9.47 Å². The molecule has 0 saturated carbocycles. The average molecular weight is 309 g/mol. The number of aryl methyl sites for hydroxylation is 1. The van der Waals surface area contributed by atoms with Crippen LogP contribution < -0.4 is 9.47 Å². The third-order valence-electron chi connectivity index (χ3n) is 3.79. The number of nitrogens with zero attached hydrogens (tertiary/aromatic N) is 2. The van der Waals surface area contributed by atoms with Gasteiger partial charge in [0.1, 0.15) is 13.2 Å². The maximum absolute atomic E-state index is 10.1. The van der Waals surface area contributed by atoms with Crippen LogP contribution in [-0.4, -0.2) is 23.3 Å². The predicted octanol–water partition coefficient (Wildman–Crippen LogP) is 4.37. The van der Waals surface area contributed by atoms with Crippen LogP contribution in [-0.2, 0) is 0 Å². The molecule has 0 radical (unpaired) electrons. The first kappa shape index (κ1) is 13.6. The summed E-state index contributed by atoms with van der Waals surface area (Å²) in [5, 5.41) is 19.3. The number of aromatic hydroxyl groups is 1. The third-order valence-corrected chi connectivity index (χ3v) is 3.79. The second-order valence-electron chi connectivity index (χ2n) is 5.35. The lowest BCUT2D eigenvalue weighted by Crippen LogP contribution is -2.15. The van der Waals surface area contributed by atoms with Gasteiger partial charge in [-0.05, 0) is 24.6 Å². The maximum Gasteiger partial charge on any atom is 0.218 e. The Hall–Kier alpha value is -3.02. The molecule has 4 rings (SSSR count). The number of hydrogen-bond acceptors (Lipinski definition) is 5. The lowest BCUT2D eigenvalue weighted by molar-refractivity contribution is 0.172. The van der Waals surface area contributed by atoms with Gasteiger partial charge in [-0.2, -0.15) is 5.11 Å². The second-order valence-corrected chi connectivity index (χ2v) is 5.35. The summed E-state index contributed by atoms with van der Waals surface area (Å²) >= 11 is 0. The normalized spacial score (nSPS) is 13.8. The van der Waals surface area contributed by atoms with Crippen LogP contribution in [0.15, 0.2) is 46.6 Å². The second kappa shape index (κ2) is 5.31. The van der Waals surface area contributed by atoms with Gasteiger partial charge in [0.15, 0.2) is 17.2 Å². The summed E-state index contributed by atoms with van der Waals surface area (Å²) in [5.41, 5.74) is 2.90. The van der Waals surface area contributed by atoms with Crippen molar-refractivity contribution in [3.8, 4) is 17.4 Å². The Bertz CT molecular complexity index is 915. The first-order valence-corrected chi connectivity index (χ1v) is 7.34. The Labute approximate surface area is 132 Å². The molecule has 1 aliphatic rings. The first-order valence-electron chi connectivity index (χ1n) is 7.34. The van der Waals surface area contributed by atoms with Crippen LogP contribution in [0.25, 0.3) is 10.9 Å².